The lowest BCUT2D eigenvalue weighted by Crippen LogP contribution is -2.26. The molecular formula is C21H33F3. The van der Waals surface area contributed by atoms with Crippen molar-refractivity contribution in [2.75, 3.05) is 0 Å². The van der Waals surface area contributed by atoms with Crippen molar-refractivity contribution in [2.45, 2.75) is 84.0 Å². The van der Waals surface area contributed by atoms with Crippen LogP contribution in [-0.4, -0.2) is 0 Å². The molecular weight excluding hydrogens is 309 g/mol. The van der Waals surface area contributed by atoms with E-state index in [0.29, 0.717) is 18.8 Å². The number of halogens is 3. The second-order valence-corrected chi connectivity index (χ2v) is 7.84. The van der Waals surface area contributed by atoms with Gasteiger partial charge in [0, 0.05) is 5.92 Å². The van der Waals surface area contributed by atoms with E-state index in [0.717, 1.165) is 24.7 Å². The first kappa shape index (κ1) is 19.6. The molecule has 0 aromatic carbocycles. The van der Waals surface area contributed by atoms with Gasteiger partial charge in [0.1, 0.15) is 0 Å². The van der Waals surface area contributed by atoms with Gasteiger partial charge in [-0.15, -0.1) is 0 Å². The van der Waals surface area contributed by atoms with Crippen LogP contribution in [0.2, 0.25) is 0 Å². The minimum Gasteiger partial charge on any atom is -0.206 e. The second kappa shape index (κ2) is 10.3. The fraction of sp³-hybridized carbons (Fsp3) is 0.810. The molecule has 2 fully saturated rings. The maximum absolute atomic E-state index is 13.4. The van der Waals surface area contributed by atoms with E-state index in [2.05, 4.69) is 19.1 Å². The summed E-state index contributed by atoms with van der Waals surface area (Å²) in [6.07, 6.45) is 15.8. The molecule has 2 aliphatic carbocycles. The molecule has 0 saturated heterocycles. The first-order chi connectivity index (χ1) is 11.6. The van der Waals surface area contributed by atoms with Gasteiger partial charge in [-0.1, -0.05) is 38.3 Å². The number of hydrogen-bond donors (Lipinski definition) is 0. The summed E-state index contributed by atoms with van der Waals surface area (Å²) in [6, 6.07) is 0. The van der Waals surface area contributed by atoms with Crippen molar-refractivity contribution < 1.29 is 13.2 Å². The van der Waals surface area contributed by atoms with Crippen molar-refractivity contribution in [3.63, 3.8) is 0 Å². The Kier molecular flexibility index (Phi) is 8.41. The van der Waals surface area contributed by atoms with Crippen molar-refractivity contribution in [1.29, 1.82) is 0 Å². The summed E-state index contributed by atoms with van der Waals surface area (Å²) in [7, 11) is 0. The van der Waals surface area contributed by atoms with Crippen LogP contribution in [0.5, 0.6) is 0 Å². The van der Waals surface area contributed by atoms with Gasteiger partial charge >= 0.3 is 6.08 Å². The van der Waals surface area contributed by atoms with Gasteiger partial charge in [0.15, 0.2) is 5.83 Å². The Balaban J connectivity index is 1.66. The van der Waals surface area contributed by atoms with Crippen LogP contribution < -0.4 is 0 Å². The SMILES string of the molecule is CCC/C=C/CCC1CCC(C2CCC(C(F)=C(F)F)CC2)CC1. The molecule has 0 unspecified atom stereocenters. The molecule has 0 heterocycles. The molecule has 0 aliphatic heterocycles. The molecule has 0 N–H and O–H groups in total. The molecule has 0 nitrogen and oxygen atoms in total. The quantitative estimate of drug-likeness (QED) is 0.414. The molecule has 0 radical (unpaired) electrons. The van der Waals surface area contributed by atoms with E-state index < -0.39 is 17.8 Å². The van der Waals surface area contributed by atoms with E-state index in [1.165, 1.54) is 51.4 Å². The van der Waals surface area contributed by atoms with Gasteiger partial charge in [0.25, 0.3) is 0 Å². The molecule has 0 spiro atoms. The summed E-state index contributed by atoms with van der Waals surface area (Å²) in [5, 5.41) is 0. The molecule has 0 atom stereocenters. The van der Waals surface area contributed by atoms with Crippen molar-refractivity contribution in [3.8, 4) is 0 Å². The highest BCUT2D eigenvalue weighted by molar-refractivity contribution is 5.00. The summed E-state index contributed by atoms with van der Waals surface area (Å²) in [4.78, 5) is 0. The van der Waals surface area contributed by atoms with Crippen LogP contribution in [0.1, 0.15) is 84.0 Å². The molecule has 0 aromatic rings. The highest BCUT2D eigenvalue weighted by Gasteiger charge is 2.32. The van der Waals surface area contributed by atoms with Gasteiger partial charge in [-0.3, -0.25) is 0 Å². The van der Waals surface area contributed by atoms with Crippen molar-refractivity contribution in [2.24, 2.45) is 23.7 Å². The van der Waals surface area contributed by atoms with Crippen molar-refractivity contribution >= 4 is 0 Å². The minimum absolute atomic E-state index is 0.516. The molecule has 138 valence electrons. The third kappa shape index (κ3) is 5.97. The lowest BCUT2D eigenvalue weighted by Gasteiger charge is -2.37. The fourth-order valence-electron chi connectivity index (χ4n) is 4.68. The summed E-state index contributed by atoms with van der Waals surface area (Å²) in [5.74, 6) is 0.595. The lowest BCUT2D eigenvalue weighted by molar-refractivity contribution is 0.143. The van der Waals surface area contributed by atoms with Crippen LogP contribution in [0, 0.1) is 23.7 Å². The highest BCUT2D eigenvalue weighted by atomic mass is 19.3. The maximum atomic E-state index is 13.4. The third-order valence-corrected chi connectivity index (χ3v) is 6.23. The van der Waals surface area contributed by atoms with Crippen molar-refractivity contribution in [1.82, 2.24) is 0 Å². The van der Waals surface area contributed by atoms with E-state index in [-0.39, 0.29) is 0 Å². The smallest absolute Gasteiger partial charge is 0.206 e. The first-order valence-electron chi connectivity index (χ1n) is 9.97. The van der Waals surface area contributed by atoms with Crippen LogP contribution in [0.3, 0.4) is 0 Å². The topological polar surface area (TPSA) is 0 Å². The van der Waals surface area contributed by atoms with E-state index in [1.807, 2.05) is 0 Å². The summed E-state index contributed by atoms with van der Waals surface area (Å²) >= 11 is 0. The highest BCUT2D eigenvalue weighted by Crippen LogP contribution is 2.44. The summed E-state index contributed by atoms with van der Waals surface area (Å²) in [6.45, 7) is 2.21. The molecule has 0 bridgehead atoms. The monoisotopic (exact) mass is 342 g/mol. The largest absolute Gasteiger partial charge is 0.301 e. The normalized spacial score (nSPS) is 31.3. The maximum Gasteiger partial charge on any atom is 0.301 e. The predicted octanol–water partition coefficient (Wildman–Crippen LogP) is 7.81. The Morgan fingerprint density at radius 1 is 0.792 bits per heavy atom. The fourth-order valence-corrected chi connectivity index (χ4v) is 4.68. The molecule has 24 heavy (non-hydrogen) atoms. The number of allylic oxidation sites excluding steroid dienone is 3. The zero-order valence-corrected chi connectivity index (χ0v) is 15.1. The molecule has 0 amide bonds. The second-order valence-electron chi connectivity index (χ2n) is 7.84. The van der Waals surface area contributed by atoms with Crippen molar-refractivity contribution in [3.05, 3.63) is 24.1 Å². The van der Waals surface area contributed by atoms with Gasteiger partial charge in [0.2, 0.25) is 0 Å². The lowest BCUT2D eigenvalue weighted by atomic mass is 9.68. The van der Waals surface area contributed by atoms with E-state index in [4.69, 9.17) is 0 Å². The van der Waals surface area contributed by atoms with Crippen LogP contribution in [0.25, 0.3) is 0 Å². The molecule has 3 heteroatoms. The zero-order valence-electron chi connectivity index (χ0n) is 15.1. The molecule has 2 saturated carbocycles. The Morgan fingerprint density at radius 3 is 1.88 bits per heavy atom. The van der Waals surface area contributed by atoms with Crippen LogP contribution >= 0.6 is 0 Å². The third-order valence-electron chi connectivity index (χ3n) is 6.23. The standard InChI is InChI=1S/C21H33F3/c1-2-3-4-5-6-7-16-8-10-17(11-9-16)18-12-14-19(15-13-18)20(22)21(23)24/h4-5,16-19H,2-3,6-15H2,1H3/b5-4+. The molecule has 2 rings (SSSR count). The zero-order chi connectivity index (χ0) is 17.4. The van der Waals surface area contributed by atoms with Crippen LogP contribution in [-0.2, 0) is 0 Å². The molecule has 2 aliphatic rings. The first-order valence-corrected chi connectivity index (χ1v) is 9.97. The number of unbranched alkanes of at least 4 members (excludes halogenated alkanes) is 1. The van der Waals surface area contributed by atoms with E-state index in [9.17, 15) is 13.2 Å². The van der Waals surface area contributed by atoms with Gasteiger partial charge < -0.3 is 0 Å². The Labute approximate surface area is 145 Å². The van der Waals surface area contributed by atoms with Gasteiger partial charge in [-0.25, -0.2) is 4.39 Å². The molecule has 0 aromatic heterocycles. The average molecular weight is 342 g/mol. The summed E-state index contributed by atoms with van der Waals surface area (Å²) < 4.78 is 38.1. The predicted molar refractivity (Wildman–Crippen MR) is 94.5 cm³/mol. The Morgan fingerprint density at radius 2 is 1.33 bits per heavy atom. The minimum atomic E-state index is -2.10. The Bertz CT molecular complexity index is 407. The average Bonchev–Trinajstić information content (AvgIpc) is 2.61. The Hall–Kier alpha value is -0.730. The van der Waals surface area contributed by atoms with Gasteiger partial charge in [-0.05, 0) is 75.5 Å². The number of rotatable bonds is 7. The van der Waals surface area contributed by atoms with Crippen LogP contribution in [0.4, 0.5) is 13.2 Å². The van der Waals surface area contributed by atoms with E-state index >= 15 is 0 Å². The summed E-state index contributed by atoms with van der Waals surface area (Å²) in [5.41, 5.74) is 0. The van der Waals surface area contributed by atoms with Crippen LogP contribution in [0.15, 0.2) is 24.1 Å². The number of hydrogen-bond acceptors (Lipinski definition) is 0. The van der Waals surface area contributed by atoms with Gasteiger partial charge in [-0.2, -0.15) is 8.78 Å². The van der Waals surface area contributed by atoms with Gasteiger partial charge in [0.05, 0.1) is 0 Å². The van der Waals surface area contributed by atoms with E-state index in [1.54, 1.807) is 0 Å².